The molecule has 0 radical (unpaired) electrons. The van der Waals surface area contributed by atoms with E-state index in [1.54, 1.807) is 66.9 Å². The van der Waals surface area contributed by atoms with Crippen LogP contribution in [0.3, 0.4) is 0 Å². The van der Waals surface area contributed by atoms with Crippen LogP contribution < -0.4 is 9.47 Å². The normalized spacial score (nSPS) is 11.7. The van der Waals surface area contributed by atoms with Crippen LogP contribution in [0, 0.1) is 22.7 Å². The number of imidazole rings is 2. The molecule has 374 valence electrons. The van der Waals surface area contributed by atoms with Crippen molar-refractivity contribution in [2.75, 3.05) is 12.0 Å². The Labute approximate surface area is 412 Å². The number of fused-ring (bicyclic) bond motifs is 2. The first-order chi connectivity index (χ1) is 34.2. The summed E-state index contributed by atoms with van der Waals surface area (Å²) in [5.74, 6) is 1.07. The molecule has 0 atom stereocenters. The van der Waals surface area contributed by atoms with E-state index in [-0.39, 0.29) is 51.0 Å². The maximum absolute atomic E-state index is 13.5. The molecular weight excluding hydrogens is 983 g/mol. The number of pyridine rings is 2. The summed E-state index contributed by atoms with van der Waals surface area (Å²) in [7, 11) is -7.23. The molecule has 0 unspecified atom stereocenters. The summed E-state index contributed by atoms with van der Waals surface area (Å²) in [6.07, 6.45) is -3.80. The van der Waals surface area contributed by atoms with Crippen LogP contribution >= 0.6 is 0 Å². The Morgan fingerprint density at radius 1 is 0.611 bits per heavy atom. The van der Waals surface area contributed by atoms with Crippen LogP contribution in [0.15, 0.2) is 137 Å². The monoisotopic (exact) mass is 1030 g/mol. The molecule has 4 aromatic heterocycles. The van der Waals surface area contributed by atoms with Crippen molar-refractivity contribution in [2.24, 2.45) is 0 Å². The van der Waals surface area contributed by atoms with Gasteiger partial charge >= 0.3 is 12.4 Å². The van der Waals surface area contributed by atoms with Crippen LogP contribution in [0.4, 0.5) is 26.3 Å². The molecular formula is C52H46F6N6O6S2. The van der Waals surface area contributed by atoms with Crippen molar-refractivity contribution in [1.29, 1.82) is 10.5 Å². The Bertz CT molecular complexity index is 3580. The predicted molar refractivity (Wildman–Crippen MR) is 259 cm³/mol. The van der Waals surface area contributed by atoms with Gasteiger partial charge in [0.25, 0.3) is 0 Å². The van der Waals surface area contributed by atoms with Gasteiger partial charge in [0.05, 0.1) is 61.1 Å². The molecule has 0 fully saturated rings. The number of sulfone groups is 2. The molecule has 12 nitrogen and oxygen atoms in total. The smallest absolute Gasteiger partial charge is 0.419 e. The third kappa shape index (κ3) is 12.1. The fourth-order valence-electron chi connectivity index (χ4n) is 7.62. The van der Waals surface area contributed by atoms with Gasteiger partial charge in [0.1, 0.15) is 40.4 Å². The van der Waals surface area contributed by atoms with Gasteiger partial charge < -0.3 is 9.47 Å². The van der Waals surface area contributed by atoms with E-state index in [2.05, 4.69) is 9.97 Å². The number of nitriles is 2. The summed E-state index contributed by atoms with van der Waals surface area (Å²) in [6, 6.07) is 32.1. The quantitative estimate of drug-likeness (QED) is 0.0800. The van der Waals surface area contributed by atoms with Gasteiger partial charge in [0.15, 0.2) is 19.7 Å². The van der Waals surface area contributed by atoms with Crippen LogP contribution in [0.5, 0.6) is 23.0 Å². The number of hydrogen-bond acceptors (Lipinski definition) is 10. The number of aryl methyl sites for hydroxylation is 2. The van der Waals surface area contributed by atoms with E-state index in [0.29, 0.717) is 64.0 Å². The Hall–Kier alpha value is -7.68. The van der Waals surface area contributed by atoms with Gasteiger partial charge in [0.2, 0.25) is 0 Å². The number of aromatic nitrogens is 4. The second-order valence-corrected chi connectivity index (χ2v) is 19.7. The molecule has 0 aliphatic rings. The molecule has 0 saturated carbocycles. The van der Waals surface area contributed by atoms with E-state index in [4.69, 9.17) is 14.7 Å². The zero-order valence-corrected chi connectivity index (χ0v) is 41.0. The highest BCUT2D eigenvalue weighted by Crippen LogP contribution is 2.39. The molecule has 8 aromatic rings. The molecule has 20 heteroatoms. The Kier molecular flexibility index (Phi) is 16.5. The van der Waals surface area contributed by atoms with Gasteiger partial charge in [-0.25, -0.2) is 26.8 Å². The van der Waals surface area contributed by atoms with Crippen LogP contribution in [-0.4, -0.2) is 47.6 Å². The van der Waals surface area contributed by atoms with Gasteiger partial charge in [0, 0.05) is 42.3 Å². The lowest BCUT2D eigenvalue weighted by Crippen LogP contribution is -2.07. The van der Waals surface area contributed by atoms with Crippen molar-refractivity contribution in [3.63, 3.8) is 0 Å². The minimum Gasteiger partial charge on any atom is -0.457 e. The number of benzene rings is 4. The van der Waals surface area contributed by atoms with Crippen LogP contribution in [0.25, 0.3) is 33.8 Å². The van der Waals surface area contributed by atoms with Crippen molar-refractivity contribution >= 4 is 31.0 Å². The number of ether oxygens (including phenoxy) is 2. The summed E-state index contributed by atoms with van der Waals surface area (Å²) in [4.78, 5) is 8.45. The SMILES string of the molecule is CC.CCc1nc2c(C(F)(F)F)cccn2c1-c1cccc(Oc2ccc(C#N)c(S(C)(=O)=O)c2)c1.CCc1nc2c(C(F)(F)F)cccn2c1-c1cccc(Oc2cccc(S(=O)(=O)CCCC#N)c2)c1. The first-order valence-electron chi connectivity index (χ1n) is 22.3. The van der Waals surface area contributed by atoms with Crippen molar-refractivity contribution < 1.29 is 52.7 Å². The Morgan fingerprint density at radius 2 is 1.07 bits per heavy atom. The zero-order valence-electron chi connectivity index (χ0n) is 39.4. The lowest BCUT2D eigenvalue weighted by molar-refractivity contribution is -0.137. The molecule has 4 heterocycles. The second-order valence-electron chi connectivity index (χ2n) is 15.6. The topological polar surface area (TPSA) is 169 Å². The third-order valence-corrected chi connectivity index (χ3v) is 13.7. The first-order valence-corrected chi connectivity index (χ1v) is 25.9. The van der Waals surface area contributed by atoms with Gasteiger partial charge in [-0.15, -0.1) is 0 Å². The Morgan fingerprint density at radius 3 is 1.50 bits per heavy atom. The summed E-state index contributed by atoms with van der Waals surface area (Å²) < 4.78 is 145. The highest BCUT2D eigenvalue weighted by Gasteiger charge is 2.36. The lowest BCUT2D eigenvalue weighted by Gasteiger charge is -2.11. The second kappa shape index (κ2) is 22.2. The first kappa shape index (κ1) is 53.7. The molecule has 0 N–H and O–H groups in total. The van der Waals surface area contributed by atoms with E-state index in [0.717, 1.165) is 18.4 Å². The molecule has 4 aromatic carbocycles. The maximum atomic E-state index is 13.5. The molecule has 0 saturated heterocycles. The summed E-state index contributed by atoms with van der Waals surface area (Å²) in [6.45, 7) is 7.63. The number of unbranched alkanes of at least 4 members (excludes halogenated alkanes) is 1. The molecule has 8 rings (SSSR count). The van der Waals surface area contributed by atoms with Crippen LogP contribution in [-0.2, 0) is 44.9 Å². The molecule has 0 spiro atoms. The molecule has 0 bridgehead atoms. The molecule has 0 aliphatic heterocycles. The van der Waals surface area contributed by atoms with Crippen LogP contribution in [0.2, 0.25) is 0 Å². The summed E-state index contributed by atoms with van der Waals surface area (Å²) in [5, 5.41) is 17.8. The van der Waals surface area contributed by atoms with Crippen molar-refractivity contribution in [2.45, 2.75) is 75.5 Å². The van der Waals surface area contributed by atoms with E-state index in [1.165, 1.54) is 57.5 Å². The number of halogens is 6. The number of rotatable bonds is 13. The van der Waals surface area contributed by atoms with Crippen LogP contribution in [0.1, 0.15) is 68.6 Å². The molecule has 0 aliphatic carbocycles. The van der Waals surface area contributed by atoms with Crippen molar-refractivity contribution in [1.82, 2.24) is 18.8 Å². The number of hydrogen-bond donors (Lipinski definition) is 0. The third-order valence-electron chi connectivity index (χ3n) is 10.8. The average molecular weight is 1030 g/mol. The van der Waals surface area contributed by atoms with Crippen molar-refractivity contribution in [3.05, 3.63) is 156 Å². The van der Waals surface area contributed by atoms with E-state index < -0.39 is 43.2 Å². The minimum atomic E-state index is -4.55. The number of nitrogens with zero attached hydrogens (tertiary/aromatic N) is 6. The minimum absolute atomic E-state index is 0.00221. The highest BCUT2D eigenvalue weighted by atomic mass is 32.2. The van der Waals surface area contributed by atoms with Gasteiger partial charge in [-0.05, 0) is 98.1 Å². The molecule has 72 heavy (non-hydrogen) atoms. The standard InChI is InChI=1S/C26H22F3N3O3S.C24H18F3N3O3S.C2H6/c1-2-23-24(32-14-7-12-22(25(32)31-23)26(27,28)29)18-8-5-9-19(16-18)35-20-10-6-11-21(17-20)36(33,34)15-4-3-13-30;1-3-20-22(30-11-5-8-19(23(30)29-20)24(25,26)27)15-6-4-7-17(12-15)33-18-10-9-16(14-28)21(13-18)34(2,31)32;1-2/h5-12,14,16-17H,2-4,15H2,1H3;4-13H,3H2,1-2H3;1-2H3. The number of alkyl halides is 6. The summed E-state index contributed by atoms with van der Waals surface area (Å²) in [5.41, 5.74) is 1.23. The average Bonchev–Trinajstić information content (AvgIpc) is 3.93. The predicted octanol–water partition coefficient (Wildman–Crippen LogP) is 13.1. The fourth-order valence-corrected chi connectivity index (χ4v) is 9.80. The Balaban J connectivity index is 0.000000228. The van der Waals surface area contributed by atoms with E-state index in [1.807, 2.05) is 39.8 Å². The van der Waals surface area contributed by atoms with Gasteiger partial charge in [-0.3, -0.25) is 8.80 Å². The van der Waals surface area contributed by atoms with Crippen molar-refractivity contribution in [3.8, 4) is 57.7 Å². The lowest BCUT2D eigenvalue weighted by atomic mass is 10.1. The van der Waals surface area contributed by atoms with Gasteiger partial charge in [-0.1, -0.05) is 58.0 Å². The zero-order chi connectivity index (χ0) is 52.6. The van der Waals surface area contributed by atoms with E-state index in [9.17, 15) is 48.4 Å². The van der Waals surface area contributed by atoms with E-state index >= 15 is 0 Å². The van der Waals surface area contributed by atoms with Gasteiger partial charge in [-0.2, -0.15) is 36.9 Å². The fraction of sp³-hybridized carbons (Fsp3) is 0.231. The molecule has 0 amide bonds. The highest BCUT2D eigenvalue weighted by molar-refractivity contribution is 7.91. The largest absolute Gasteiger partial charge is 0.457 e. The summed E-state index contributed by atoms with van der Waals surface area (Å²) >= 11 is 0. The maximum Gasteiger partial charge on any atom is 0.419 e.